The molecule has 0 saturated heterocycles. The van der Waals surface area contributed by atoms with E-state index in [-0.39, 0.29) is 11.7 Å². The van der Waals surface area contributed by atoms with E-state index >= 15 is 0 Å². The van der Waals surface area contributed by atoms with E-state index in [0.29, 0.717) is 12.1 Å². The first-order valence-electron chi connectivity index (χ1n) is 6.37. The molecule has 3 N–H and O–H groups in total. The lowest BCUT2D eigenvalue weighted by molar-refractivity contribution is 0.0951. The van der Waals surface area contributed by atoms with Crippen molar-refractivity contribution in [3.63, 3.8) is 0 Å². The summed E-state index contributed by atoms with van der Waals surface area (Å²) in [7, 11) is 0. The van der Waals surface area contributed by atoms with E-state index in [9.17, 15) is 4.79 Å². The molecule has 0 fully saturated rings. The summed E-state index contributed by atoms with van der Waals surface area (Å²) >= 11 is 3.28. The summed E-state index contributed by atoms with van der Waals surface area (Å²) < 4.78 is 0.726. The van der Waals surface area contributed by atoms with Crippen LogP contribution in [0.1, 0.15) is 28.4 Å². The Labute approximate surface area is 126 Å². The van der Waals surface area contributed by atoms with Gasteiger partial charge in [-0.2, -0.15) is 0 Å². The summed E-state index contributed by atoms with van der Waals surface area (Å²) in [6, 6.07) is 9.83. The van der Waals surface area contributed by atoms with Crippen molar-refractivity contribution in [2.75, 3.05) is 5.73 Å². The van der Waals surface area contributed by atoms with E-state index in [0.717, 1.165) is 16.5 Å². The molecule has 0 aliphatic heterocycles. The molecule has 0 radical (unpaired) electrons. The Balaban J connectivity index is 2.02. The van der Waals surface area contributed by atoms with Crippen molar-refractivity contribution in [2.45, 2.75) is 19.9 Å². The van der Waals surface area contributed by atoms with Crippen molar-refractivity contribution in [2.24, 2.45) is 0 Å². The Morgan fingerprint density at radius 3 is 2.60 bits per heavy atom. The highest BCUT2D eigenvalue weighted by Gasteiger charge is 2.10. The highest BCUT2D eigenvalue weighted by atomic mass is 79.9. The molecule has 4 nitrogen and oxygen atoms in total. The Morgan fingerprint density at radius 1 is 1.30 bits per heavy atom. The molecule has 0 bridgehead atoms. The van der Waals surface area contributed by atoms with Crippen molar-refractivity contribution in [1.82, 2.24) is 10.3 Å². The van der Waals surface area contributed by atoms with Crippen molar-refractivity contribution in [3.8, 4) is 0 Å². The fourth-order valence-electron chi connectivity index (χ4n) is 1.80. The van der Waals surface area contributed by atoms with E-state index in [4.69, 9.17) is 5.73 Å². The van der Waals surface area contributed by atoms with E-state index in [1.54, 1.807) is 12.3 Å². The van der Waals surface area contributed by atoms with Gasteiger partial charge in [0.05, 0.1) is 5.56 Å². The Morgan fingerprint density at radius 2 is 1.95 bits per heavy atom. The average molecular weight is 334 g/mol. The Kier molecular flexibility index (Phi) is 4.74. The molecule has 5 heteroatoms. The maximum Gasteiger partial charge on any atom is 0.255 e. The monoisotopic (exact) mass is 333 g/mol. The summed E-state index contributed by atoms with van der Waals surface area (Å²) in [4.78, 5) is 16.0. The fraction of sp³-hybridized carbons (Fsp3) is 0.200. The third-order valence-electron chi connectivity index (χ3n) is 3.01. The second kappa shape index (κ2) is 6.52. The van der Waals surface area contributed by atoms with Gasteiger partial charge in [0.15, 0.2) is 0 Å². The van der Waals surface area contributed by atoms with Crippen molar-refractivity contribution in [3.05, 3.63) is 57.7 Å². The summed E-state index contributed by atoms with van der Waals surface area (Å²) in [5.41, 5.74) is 8.41. The normalized spacial score (nSPS) is 10.3. The number of carbonyl (C=O) groups is 1. The lowest BCUT2D eigenvalue weighted by Crippen LogP contribution is -2.24. The molecule has 0 spiro atoms. The molecule has 2 rings (SSSR count). The molecule has 1 aromatic carbocycles. The number of nitrogen functional groups attached to an aromatic ring is 1. The third kappa shape index (κ3) is 3.57. The van der Waals surface area contributed by atoms with Gasteiger partial charge < -0.3 is 11.1 Å². The smallest absolute Gasteiger partial charge is 0.255 e. The maximum atomic E-state index is 12.1. The first-order chi connectivity index (χ1) is 9.60. The molecule has 20 heavy (non-hydrogen) atoms. The number of amides is 1. The molecule has 0 aliphatic rings. The lowest BCUT2D eigenvalue weighted by atomic mass is 10.1. The number of benzene rings is 1. The number of nitrogens with one attached hydrogen (secondary N) is 1. The molecule has 0 saturated carbocycles. The second-order valence-corrected chi connectivity index (χ2v) is 5.35. The topological polar surface area (TPSA) is 68.0 Å². The largest absolute Gasteiger partial charge is 0.383 e. The molecule has 0 unspecified atom stereocenters. The van der Waals surface area contributed by atoms with Crippen molar-refractivity contribution < 1.29 is 4.79 Å². The Hall–Kier alpha value is -1.88. The van der Waals surface area contributed by atoms with Crippen LogP contribution in [0.4, 0.5) is 5.82 Å². The van der Waals surface area contributed by atoms with Gasteiger partial charge in [0, 0.05) is 17.2 Å². The van der Waals surface area contributed by atoms with Crippen LogP contribution < -0.4 is 11.1 Å². The van der Waals surface area contributed by atoms with Crippen molar-refractivity contribution in [1.29, 1.82) is 0 Å². The molecular formula is C15H16BrN3O. The molecule has 2 aromatic rings. The molecule has 104 valence electrons. The number of halogens is 1. The predicted octanol–water partition coefficient (Wildman–Crippen LogP) is 2.92. The zero-order valence-electron chi connectivity index (χ0n) is 11.2. The summed E-state index contributed by atoms with van der Waals surface area (Å²) in [6.07, 6.45) is 2.57. The number of hydrogen-bond donors (Lipinski definition) is 2. The number of carbonyl (C=O) groups excluding carboxylic acids is 1. The minimum Gasteiger partial charge on any atom is -0.383 e. The van der Waals surface area contributed by atoms with E-state index in [1.165, 1.54) is 5.56 Å². The fourth-order valence-corrected chi connectivity index (χ4v) is 2.13. The van der Waals surface area contributed by atoms with Gasteiger partial charge in [-0.1, -0.05) is 31.2 Å². The van der Waals surface area contributed by atoms with Crippen LogP contribution in [0.25, 0.3) is 0 Å². The zero-order valence-corrected chi connectivity index (χ0v) is 12.8. The van der Waals surface area contributed by atoms with Crippen molar-refractivity contribution >= 4 is 27.7 Å². The SMILES string of the molecule is CCc1ccc(CNC(=O)c2cc(Br)cnc2N)cc1. The molecule has 1 heterocycles. The summed E-state index contributed by atoms with van der Waals surface area (Å²) in [5, 5.41) is 2.84. The van der Waals surface area contributed by atoms with Crippen LogP contribution in [0.5, 0.6) is 0 Å². The molecule has 0 atom stereocenters. The molecular weight excluding hydrogens is 318 g/mol. The Bertz CT molecular complexity index is 611. The predicted molar refractivity (Wildman–Crippen MR) is 83.3 cm³/mol. The minimum atomic E-state index is -0.226. The minimum absolute atomic E-state index is 0.226. The van der Waals surface area contributed by atoms with E-state index < -0.39 is 0 Å². The maximum absolute atomic E-state index is 12.1. The van der Waals surface area contributed by atoms with E-state index in [2.05, 4.69) is 45.3 Å². The second-order valence-electron chi connectivity index (χ2n) is 4.44. The summed E-state index contributed by atoms with van der Waals surface area (Å²) in [5.74, 6) is 0.00268. The van der Waals surface area contributed by atoms with Gasteiger partial charge >= 0.3 is 0 Å². The molecule has 1 amide bonds. The highest BCUT2D eigenvalue weighted by molar-refractivity contribution is 9.10. The number of hydrogen-bond acceptors (Lipinski definition) is 3. The van der Waals surface area contributed by atoms with Gasteiger partial charge in [-0.05, 0) is 39.5 Å². The van der Waals surface area contributed by atoms with Crippen LogP contribution >= 0.6 is 15.9 Å². The number of pyridine rings is 1. The number of nitrogens with two attached hydrogens (primary N) is 1. The van der Waals surface area contributed by atoms with Gasteiger partial charge in [0.2, 0.25) is 0 Å². The number of nitrogens with zero attached hydrogens (tertiary/aromatic N) is 1. The molecule has 1 aromatic heterocycles. The summed E-state index contributed by atoms with van der Waals surface area (Å²) in [6.45, 7) is 2.58. The van der Waals surface area contributed by atoms with Crippen LogP contribution in [-0.2, 0) is 13.0 Å². The first kappa shape index (κ1) is 14.5. The van der Waals surface area contributed by atoms with Crippen LogP contribution in [0.2, 0.25) is 0 Å². The van der Waals surface area contributed by atoms with Gasteiger partial charge in [0.25, 0.3) is 5.91 Å². The standard InChI is InChI=1S/C15H16BrN3O/c1-2-10-3-5-11(6-4-10)8-19-15(20)13-7-12(16)9-18-14(13)17/h3-7,9H,2,8H2,1H3,(H2,17,18)(H,19,20). The van der Waals surface area contributed by atoms with Crippen LogP contribution in [0.3, 0.4) is 0 Å². The van der Waals surface area contributed by atoms with E-state index in [1.807, 2.05) is 12.1 Å². The van der Waals surface area contributed by atoms with Gasteiger partial charge in [-0.3, -0.25) is 4.79 Å². The van der Waals surface area contributed by atoms with Gasteiger partial charge in [-0.25, -0.2) is 4.98 Å². The van der Waals surface area contributed by atoms with Gasteiger partial charge in [0.1, 0.15) is 5.82 Å². The number of anilines is 1. The molecule has 0 aliphatic carbocycles. The number of rotatable bonds is 4. The average Bonchev–Trinajstić information content (AvgIpc) is 2.47. The quantitative estimate of drug-likeness (QED) is 0.903. The van der Waals surface area contributed by atoms with Crippen LogP contribution in [-0.4, -0.2) is 10.9 Å². The lowest BCUT2D eigenvalue weighted by Gasteiger charge is -2.08. The zero-order chi connectivity index (χ0) is 14.5. The van der Waals surface area contributed by atoms with Crippen LogP contribution in [0.15, 0.2) is 41.0 Å². The number of aryl methyl sites for hydroxylation is 1. The number of aromatic nitrogens is 1. The third-order valence-corrected chi connectivity index (χ3v) is 3.45. The van der Waals surface area contributed by atoms with Gasteiger partial charge in [-0.15, -0.1) is 0 Å². The highest BCUT2D eigenvalue weighted by Crippen LogP contribution is 2.15. The first-order valence-corrected chi connectivity index (χ1v) is 7.16. The van der Waals surface area contributed by atoms with Crippen LogP contribution in [0, 0.1) is 0 Å².